The number of hydrogen-bond acceptors (Lipinski definition) is 3. The molecule has 0 bridgehead atoms. The van der Waals surface area contributed by atoms with Gasteiger partial charge in [0.05, 0.1) is 0 Å². The fourth-order valence-electron chi connectivity index (χ4n) is 0.722. The molecule has 0 radical (unpaired) electrons. The molecule has 4 N–H and O–H groups in total. The number of carbonyl (C=O) groups is 1. The molecule has 0 aliphatic rings. The quantitative estimate of drug-likeness (QED) is 0.260. The van der Waals surface area contributed by atoms with Crippen molar-refractivity contribution in [2.45, 2.75) is 13.8 Å². The summed E-state index contributed by atoms with van der Waals surface area (Å²) in [6.45, 7) is 4.65. The maximum Gasteiger partial charge on any atom is 0.317 e. The van der Waals surface area contributed by atoms with Crippen molar-refractivity contribution in [1.29, 1.82) is 0 Å². The van der Waals surface area contributed by atoms with Gasteiger partial charge in [-0.2, -0.15) is 0 Å². The highest BCUT2D eigenvalue weighted by molar-refractivity contribution is 5.83. The highest BCUT2D eigenvalue weighted by atomic mass is 16.4. The van der Waals surface area contributed by atoms with E-state index in [1.54, 1.807) is 18.9 Å². The topological polar surface area (TPSA) is 91.0 Å². The van der Waals surface area contributed by atoms with Crippen LogP contribution >= 0.6 is 0 Å². The van der Waals surface area contributed by atoms with Crippen LogP contribution in [0.2, 0.25) is 0 Å². The lowest BCUT2D eigenvalue weighted by Gasteiger charge is -2.17. The molecule has 0 aromatic rings. The fraction of sp³-hybridized carbons (Fsp3) is 0.750. The van der Waals surface area contributed by atoms with Gasteiger partial charge < -0.3 is 21.2 Å². The first-order valence-corrected chi connectivity index (χ1v) is 4.49. The largest absolute Gasteiger partial charge is 0.409 e. The third-order valence-electron chi connectivity index (χ3n) is 2.00. The van der Waals surface area contributed by atoms with E-state index in [1.807, 2.05) is 6.92 Å². The maximum absolute atomic E-state index is 11.3. The molecule has 14 heavy (non-hydrogen) atoms. The van der Waals surface area contributed by atoms with Crippen LogP contribution in [0.4, 0.5) is 4.79 Å². The van der Waals surface area contributed by atoms with Gasteiger partial charge in [0.1, 0.15) is 5.84 Å². The molecule has 0 rings (SSSR count). The molecule has 0 fully saturated rings. The van der Waals surface area contributed by atoms with Crippen molar-refractivity contribution in [1.82, 2.24) is 10.2 Å². The van der Waals surface area contributed by atoms with Gasteiger partial charge in [0.15, 0.2) is 0 Å². The van der Waals surface area contributed by atoms with Gasteiger partial charge in [0.25, 0.3) is 0 Å². The highest BCUT2D eigenvalue weighted by Gasteiger charge is 2.10. The number of hydrogen-bond donors (Lipinski definition) is 3. The lowest BCUT2D eigenvalue weighted by molar-refractivity contribution is 0.210. The van der Waals surface area contributed by atoms with E-state index >= 15 is 0 Å². The van der Waals surface area contributed by atoms with Crippen molar-refractivity contribution in [3.8, 4) is 0 Å². The van der Waals surface area contributed by atoms with Gasteiger partial charge in [-0.1, -0.05) is 12.1 Å². The Bertz CT molecular complexity index is 217. The zero-order valence-electron chi connectivity index (χ0n) is 8.82. The zero-order chi connectivity index (χ0) is 11.1. The molecule has 1 atom stereocenters. The second-order valence-corrected chi connectivity index (χ2v) is 3.13. The summed E-state index contributed by atoms with van der Waals surface area (Å²) in [6.07, 6.45) is 0. The number of carbonyl (C=O) groups excluding carboxylic acids is 1. The van der Waals surface area contributed by atoms with Crippen molar-refractivity contribution in [2.75, 3.05) is 20.1 Å². The zero-order valence-corrected chi connectivity index (χ0v) is 8.82. The molecule has 6 nitrogen and oxygen atoms in total. The number of nitrogens with zero attached hydrogens (tertiary/aromatic N) is 2. The summed E-state index contributed by atoms with van der Waals surface area (Å²) in [6, 6.07) is -0.162. The molecule has 0 aromatic heterocycles. The van der Waals surface area contributed by atoms with Crippen molar-refractivity contribution < 1.29 is 10.0 Å². The van der Waals surface area contributed by atoms with Crippen molar-refractivity contribution >= 4 is 11.9 Å². The van der Waals surface area contributed by atoms with Crippen molar-refractivity contribution in [3.05, 3.63) is 0 Å². The van der Waals surface area contributed by atoms with E-state index in [1.165, 1.54) is 0 Å². The normalized spacial score (nSPS) is 13.5. The molecular weight excluding hydrogens is 184 g/mol. The first-order valence-electron chi connectivity index (χ1n) is 4.49. The van der Waals surface area contributed by atoms with Crippen LogP contribution in [0.1, 0.15) is 13.8 Å². The summed E-state index contributed by atoms with van der Waals surface area (Å²) in [5.41, 5.74) is 5.35. The lowest BCUT2D eigenvalue weighted by atomic mass is 10.1. The van der Waals surface area contributed by atoms with E-state index in [-0.39, 0.29) is 17.8 Å². The first-order chi connectivity index (χ1) is 6.52. The van der Waals surface area contributed by atoms with Crippen LogP contribution in [0.3, 0.4) is 0 Å². The summed E-state index contributed by atoms with van der Waals surface area (Å²) < 4.78 is 0. The molecule has 1 unspecified atom stereocenters. The molecule has 6 heteroatoms. The number of nitrogens with two attached hydrogens (primary N) is 1. The number of amidine groups is 1. The van der Waals surface area contributed by atoms with Crippen LogP contribution in [0, 0.1) is 5.92 Å². The smallest absolute Gasteiger partial charge is 0.317 e. The minimum atomic E-state index is -0.172. The summed E-state index contributed by atoms with van der Waals surface area (Å²) >= 11 is 0. The monoisotopic (exact) mass is 202 g/mol. The minimum absolute atomic E-state index is 0.115. The Labute approximate surface area is 83.7 Å². The number of nitrogens with one attached hydrogen (secondary N) is 1. The average molecular weight is 202 g/mol. The Morgan fingerprint density at radius 2 is 2.29 bits per heavy atom. The highest BCUT2D eigenvalue weighted by Crippen LogP contribution is 1.93. The van der Waals surface area contributed by atoms with E-state index in [9.17, 15) is 4.79 Å². The number of amides is 2. The summed E-state index contributed by atoms with van der Waals surface area (Å²) in [7, 11) is 1.70. The molecule has 2 amide bonds. The molecule has 82 valence electrons. The standard InChI is InChI=1S/C8H18N4O2/c1-4-12(3)8(13)10-5-6(2)7(9)11-14/h6,14H,4-5H2,1-3H3,(H2,9,11)(H,10,13). The SMILES string of the molecule is CCN(C)C(=O)NCC(C)C(N)=NO. The van der Waals surface area contributed by atoms with Crippen LogP contribution in [-0.2, 0) is 0 Å². The molecule has 0 saturated carbocycles. The van der Waals surface area contributed by atoms with Crippen LogP contribution in [-0.4, -0.2) is 42.1 Å². The predicted molar refractivity (Wildman–Crippen MR) is 54.3 cm³/mol. The summed E-state index contributed by atoms with van der Waals surface area (Å²) in [4.78, 5) is 12.8. The average Bonchev–Trinajstić information content (AvgIpc) is 2.22. The molecule has 0 aliphatic heterocycles. The molecule has 0 heterocycles. The van der Waals surface area contributed by atoms with Gasteiger partial charge in [0.2, 0.25) is 0 Å². The lowest BCUT2D eigenvalue weighted by Crippen LogP contribution is -2.41. The Morgan fingerprint density at radius 3 is 2.71 bits per heavy atom. The van der Waals surface area contributed by atoms with Crippen LogP contribution < -0.4 is 11.1 Å². The van der Waals surface area contributed by atoms with E-state index < -0.39 is 0 Å². The van der Waals surface area contributed by atoms with Gasteiger partial charge in [-0.15, -0.1) is 0 Å². The summed E-state index contributed by atoms with van der Waals surface area (Å²) in [5, 5.41) is 13.9. The fourth-order valence-corrected chi connectivity index (χ4v) is 0.722. The first kappa shape index (κ1) is 12.5. The molecule has 0 saturated heterocycles. The second-order valence-electron chi connectivity index (χ2n) is 3.13. The van der Waals surface area contributed by atoms with Crippen molar-refractivity contribution in [2.24, 2.45) is 16.8 Å². The van der Waals surface area contributed by atoms with Crippen LogP contribution in [0.15, 0.2) is 5.16 Å². The van der Waals surface area contributed by atoms with Gasteiger partial charge in [0, 0.05) is 26.1 Å². The summed E-state index contributed by atoms with van der Waals surface area (Å²) in [5.74, 6) is -0.0568. The van der Waals surface area contributed by atoms with E-state index in [0.717, 1.165) is 0 Å². The Kier molecular flexibility index (Phi) is 5.43. The van der Waals surface area contributed by atoms with Crippen molar-refractivity contribution in [3.63, 3.8) is 0 Å². The van der Waals surface area contributed by atoms with E-state index in [0.29, 0.717) is 13.1 Å². The second kappa shape index (κ2) is 6.06. The maximum atomic E-state index is 11.3. The van der Waals surface area contributed by atoms with Gasteiger partial charge in [-0.25, -0.2) is 4.79 Å². The van der Waals surface area contributed by atoms with Gasteiger partial charge in [-0.05, 0) is 6.92 Å². The van der Waals surface area contributed by atoms with Gasteiger partial charge in [-0.3, -0.25) is 0 Å². The molecule has 0 aliphatic carbocycles. The number of rotatable bonds is 4. The van der Waals surface area contributed by atoms with E-state index in [4.69, 9.17) is 10.9 Å². The van der Waals surface area contributed by atoms with Crippen LogP contribution in [0.25, 0.3) is 0 Å². The Hall–Kier alpha value is -1.46. The molecular formula is C8H18N4O2. The third kappa shape index (κ3) is 3.97. The third-order valence-corrected chi connectivity index (χ3v) is 2.00. The van der Waals surface area contributed by atoms with E-state index in [2.05, 4.69) is 10.5 Å². The Balaban J connectivity index is 3.89. The Morgan fingerprint density at radius 1 is 1.71 bits per heavy atom. The number of oxime groups is 1. The predicted octanol–water partition coefficient (Wildman–Crippen LogP) is 0.0302. The minimum Gasteiger partial charge on any atom is -0.409 e. The van der Waals surface area contributed by atoms with Crippen LogP contribution in [0.5, 0.6) is 0 Å². The van der Waals surface area contributed by atoms with Gasteiger partial charge >= 0.3 is 6.03 Å². The molecule has 0 spiro atoms. The number of urea groups is 1. The molecule has 0 aromatic carbocycles.